The number of carbonyl (C=O) groups is 2. The van der Waals surface area contributed by atoms with Crippen LogP contribution in [0.5, 0.6) is 0 Å². The Morgan fingerprint density at radius 3 is 2.33 bits per heavy atom. The number of halogens is 1. The monoisotopic (exact) mass is 270 g/mol. The second-order valence-corrected chi connectivity index (χ2v) is 5.51. The van der Waals surface area contributed by atoms with Crippen LogP contribution in [0.15, 0.2) is 24.3 Å². The Labute approximate surface area is 109 Å². The molecule has 0 saturated carbocycles. The summed E-state index contributed by atoms with van der Waals surface area (Å²) < 4.78 is 12.8. The van der Waals surface area contributed by atoms with Crippen LogP contribution in [-0.2, 0) is 4.79 Å². The topological polar surface area (TPSA) is 72.2 Å². The van der Waals surface area contributed by atoms with E-state index < -0.39 is 17.2 Å². The molecule has 98 valence electrons. The maximum Gasteiger partial charge on any atom is 0.318 e. The molecule has 0 aliphatic rings. The van der Waals surface area contributed by atoms with Crippen LogP contribution in [0, 0.1) is 5.82 Å². The minimum Gasteiger partial charge on any atom is -0.351 e. The molecule has 0 heterocycles. The van der Waals surface area contributed by atoms with Crippen molar-refractivity contribution >= 4 is 23.7 Å². The summed E-state index contributed by atoms with van der Waals surface area (Å²) in [7, 11) is 0. The molecule has 0 aliphatic heterocycles. The van der Waals surface area contributed by atoms with Gasteiger partial charge in [-0.05, 0) is 31.5 Å². The zero-order chi connectivity index (χ0) is 13.7. The lowest BCUT2D eigenvalue weighted by Gasteiger charge is -2.16. The highest BCUT2D eigenvalue weighted by Gasteiger charge is 2.18. The van der Waals surface area contributed by atoms with Gasteiger partial charge in [0.2, 0.25) is 5.91 Å². The Morgan fingerprint density at radius 2 is 1.83 bits per heavy atom. The number of hydrogen-bond donors (Lipinski definition) is 2. The minimum absolute atomic E-state index is 0.0132. The molecule has 0 saturated heterocycles. The Balaban J connectivity index is 2.58. The second kappa shape index (κ2) is 6.39. The van der Waals surface area contributed by atoms with Crippen molar-refractivity contribution in [1.29, 1.82) is 0 Å². The molecule has 0 fully saturated rings. The summed E-state index contributed by atoms with van der Waals surface area (Å²) in [6, 6.07) is 5.24. The third kappa shape index (κ3) is 4.37. The molecule has 4 nitrogen and oxygen atoms in total. The number of primary amides is 1. The van der Waals surface area contributed by atoms with E-state index in [1.165, 1.54) is 23.9 Å². The normalized spacial score (nSPS) is 13.7. The van der Waals surface area contributed by atoms with E-state index >= 15 is 0 Å². The van der Waals surface area contributed by atoms with Crippen molar-refractivity contribution in [3.63, 3.8) is 0 Å². The average Bonchev–Trinajstić information content (AvgIpc) is 2.28. The van der Waals surface area contributed by atoms with Gasteiger partial charge in [0.25, 0.3) is 0 Å². The number of benzene rings is 1. The first-order chi connectivity index (χ1) is 8.40. The van der Waals surface area contributed by atoms with Gasteiger partial charge in [-0.3, -0.25) is 10.1 Å². The van der Waals surface area contributed by atoms with Gasteiger partial charge in [-0.1, -0.05) is 12.1 Å². The predicted molar refractivity (Wildman–Crippen MR) is 69.6 cm³/mol. The van der Waals surface area contributed by atoms with Crippen LogP contribution in [0.25, 0.3) is 0 Å². The lowest BCUT2D eigenvalue weighted by atomic mass is 10.2. The van der Waals surface area contributed by atoms with Gasteiger partial charge in [0.1, 0.15) is 5.82 Å². The molecule has 0 radical (unpaired) electrons. The molecule has 1 aromatic carbocycles. The number of amides is 3. The van der Waals surface area contributed by atoms with Crippen LogP contribution in [0.4, 0.5) is 9.18 Å². The Hall–Kier alpha value is -1.56. The second-order valence-electron chi connectivity index (χ2n) is 3.83. The highest BCUT2D eigenvalue weighted by Crippen LogP contribution is 2.31. The van der Waals surface area contributed by atoms with Gasteiger partial charge in [-0.2, -0.15) is 0 Å². The first kappa shape index (κ1) is 14.5. The van der Waals surface area contributed by atoms with Gasteiger partial charge in [-0.15, -0.1) is 11.8 Å². The van der Waals surface area contributed by atoms with Crippen molar-refractivity contribution < 1.29 is 14.0 Å². The van der Waals surface area contributed by atoms with E-state index in [1.807, 2.05) is 12.2 Å². The third-order valence-electron chi connectivity index (χ3n) is 2.36. The molecule has 6 heteroatoms. The summed E-state index contributed by atoms with van der Waals surface area (Å²) in [5, 5.41) is 1.62. The van der Waals surface area contributed by atoms with Crippen LogP contribution < -0.4 is 11.1 Å². The number of carbonyl (C=O) groups excluding carboxylic acids is 2. The SMILES string of the molecule is CC(SC(C)c1ccc(F)cc1)C(=O)NC(N)=O. The van der Waals surface area contributed by atoms with Gasteiger partial charge < -0.3 is 5.73 Å². The van der Waals surface area contributed by atoms with E-state index in [4.69, 9.17) is 5.73 Å². The lowest BCUT2D eigenvalue weighted by Crippen LogP contribution is -2.39. The number of nitrogens with one attached hydrogen (secondary N) is 1. The molecule has 1 aromatic rings. The third-order valence-corrected chi connectivity index (χ3v) is 3.67. The number of nitrogens with two attached hydrogens (primary N) is 1. The zero-order valence-corrected chi connectivity index (χ0v) is 11.0. The number of imide groups is 1. The number of thioether (sulfide) groups is 1. The van der Waals surface area contributed by atoms with E-state index in [-0.39, 0.29) is 11.1 Å². The zero-order valence-electron chi connectivity index (χ0n) is 10.1. The van der Waals surface area contributed by atoms with Gasteiger partial charge in [0, 0.05) is 5.25 Å². The minimum atomic E-state index is -0.859. The molecule has 0 spiro atoms. The summed E-state index contributed by atoms with van der Waals surface area (Å²) in [5.74, 6) is -0.725. The smallest absolute Gasteiger partial charge is 0.318 e. The predicted octanol–water partition coefficient (Wildman–Crippen LogP) is 2.20. The molecule has 0 bridgehead atoms. The molecular formula is C12H15FN2O2S. The van der Waals surface area contributed by atoms with Crippen molar-refractivity contribution in [2.45, 2.75) is 24.3 Å². The Kier molecular flexibility index (Phi) is 5.15. The van der Waals surface area contributed by atoms with E-state index in [0.717, 1.165) is 5.56 Å². The van der Waals surface area contributed by atoms with Crippen molar-refractivity contribution in [2.75, 3.05) is 0 Å². The van der Waals surface area contributed by atoms with Crippen LogP contribution >= 0.6 is 11.8 Å². The highest BCUT2D eigenvalue weighted by atomic mass is 32.2. The maximum absolute atomic E-state index is 12.8. The Morgan fingerprint density at radius 1 is 1.28 bits per heavy atom. The maximum atomic E-state index is 12.8. The van der Waals surface area contributed by atoms with Gasteiger partial charge in [0.05, 0.1) is 5.25 Å². The molecule has 2 unspecified atom stereocenters. The fourth-order valence-corrected chi connectivity index (χ4v) is 2.51. The quantitative estimate of drug-likeness (QED) is 0.881. The first-order valence-electron chi connectivity index (χ1n) is 5.41. The molecule has 1 rings (SSSR count). The molecule has 0 aliphatic carbocycles. The van der Waals surface area contributed by atoms with Crippen molar-refractivity contribution in [2.24, 2.45) is 5.73 Å². The van der Waals surface area contributed by atoms with Gasteiger partial charge >= 0.3 is 6.03 Å². The number of hydrogen-bond acceptors (Lipinski definition) is 3. The van der Waals surface area contributed by atoms with Crippen LogP contribution in [0.1, 0.15) is 24.7 Å². The summed E-state index contributed by atoms with van der Waals surface area (Å²) in [6.45, 7) is 3.59. The van der Waals surface area contributed by atoms with E-state index in [1.54, 1.807) is 19.1 Å². The fraction of sp³-hybridized carbons (Fsp3) is 0.333. The fourth-order valence-electron chi connectivity index (χ4n) is 1.40. The van der Waals surface area contributed by atoms with E-state index in [0.29, 0.717) is 0 Å². The molecule has 3 N–H and O–H groups in total. The highest BCUT2D eigenvalue weighted by molar-refractivity contribution is 8.00. The summed E-state index contributed by atoms with van der Waals surface area (Å²) in [4.78, 5) is 22.0. The lowest BCUT2D eigenvalue weighted by molar-refractivity contribution is -0.119. The van der Waals surface area contributed by atoms with Crippen LogP contribution in [-0.4, -0.2) is 17.2 Å². The average molecular weight is 270 g/mol. The number of rotatable bonds is 4. The van der Waals surface area contributed by atoms with E-state index in [2.05, 4.69) is 0 Å². The van der Waals surface area contributed by atoms with Gasteiger partial charge in [0.15, 0.2) is 0 Å². The van der Waals surface area contributed by atoms with E-state index in [9.17, 15) is 14.0 Å². The molecule has 18 heavy (non-hydrogen) atoms. The molecule has 0 aromatic heterocycles. The molecule has 2 atom stereocenters. The largest absolute Gasteiger partial charge is 0.351 e. The molecule has 3 amide bonds. The van der Waals surface area contributed by atoms with Crippen molar-refractivity contribution in [1.82, 2.24) is 5.32 Å². The Bertz CT molecular complexity index is 436. The molecular weight excluding hydrogens is 255 g/mol. The first-order valence-corrected chi connectivity index (χ1v) is 6.35. The summed E-state index contributed by atoms with van der Waals surface area (Å²) in [5.41, 5.74) is 5.78. The van der Waals surface area contributed by atoms with Crippen LogP contribution in [0.2, 0.25) is 0 Å². The summed E-state index contributed by atoms with van der Waals surface area (Å²) >= 11 is 1.37. The van der Waals surface area contributed by atoms with Crippen molar-refractivity contribution in [3.05, 3.63) is 35.6 Å². The van der Waals surface area contributed by atoms with Crippen LogP contribution in [0.3, 0.4) is 0 Å². The van der Waals surface area contributed by atoms with Gasteiger partial charge in [-0.25, -0.2) is 9.18 Å². The van der Waals surface area contributed by atoms with Crippen molar-refractivity contribution in [3.8, 4) is 0 Å². The number of urea groups is 1. The summed E-state index contributed by atoms with van der Waals surface area (Å²) in [6.07, 6.45) is 0. The standard InChI is InChI=1S/C12H15FN2O2S/c1-7(9-3-5-10(13)6-4-9)18-8(2)11(16)15-12(14)17/h3-8H,1-2H3,(H3,14,15,16,17).